The molecule has 2 amide bonds. The molecule has 4 rings (SSSR count). The van der Waals surface area contributed by atoms with Gasteiger partial charge in [-0.1, -0.05) is 12.1 Å². The van der Waals surface area contributed by atoms with E-state index in [1.807, 2.05) is 0 Å². The second-order valence-electron chi connectivity index (χ2n) is 6.64. The summed E-state index contributed by atoms with van der Waals surface area (Å²) in [4.78, 5) is 27.8. The molecule has 2 unspecified atom stereocenters. The van der Waals surface area contributed by atoms with Gasteiger partial charge >= 0.3 is 0 Å². The highest BCUT2D eigenvalue weighted by atomic mass is 19.1. The number of likely N-dealkylation sites (tertiary alicyclic amines) is 1. The molecule has 130 valence electrons. The number of fused-ring (bicyclic) bond motifs is 1. The summed E-state index contributed by atoms with van der Waals surface area (Å²) >= 11 is 0. The van der Waals surface area contributed by atoms with E-state index >= 15 is 0 Å². The summed E-state index contributed by atoms with van der Waals surface area (Å²) in [5, 5.41) is 4.35. The predicted molar refractivity (Wildman–Crippen MR) is 90.1 cm³/mol. The van der Waals surface area contributed by atoms with Crippen molar-refractivity contribution in [2.75, 3.05) is 18.5 Å². The van der Waals surface area contributed by atoms with Crippen LogP contribution in [0.5, 0.6) is 0 Å². The zero-order valence-electron chi connectivity index (χ0n) is 13.9. The van der Waals surface area contributed by atoms with Crippen LogP contribution in [0.2, 0.25) is 0 Å². The van der Waals surface area contributed by atoms with Crippen LogP contribution in [0.3, 0.4) is 0 Å². The van der Waals surface area contributed by atoms with E-state index in [4.69, 9.17) is 0 Å². The molecule has 0 saturated carbocycles. The number of anilines is 1. The monoisotopic (exact) mass is 342 g/mol. The number of carbonyl (C=O) groups excluding carboxylic acids is 2. The minimum Gasteiger partial charge on any atom is -0.277 e. The number of aromatic nitrogens is 2. The van der Waals surface area contributed by atoms with E-state index in [1.165, 1.54) is 0 Å². The van der Waals surface area contributed by atoms with Crippen LogP contribution in [-0.4, -0.2) is 46.4 Å². The van der Waals surface area contributed by atoms with Gasteiger partial charge in [0.1, 0.15) is 0 Å². The lowest BCUT2D eigenvalue weighted by molar-refractivity contribution is 0.00856. The highest BCUT2D eigenvalue weighted by Gasteiger charge is 2.37. The molecule has 7 heteroatoms. The summed E-state index contributed by atoms with van der Waals surface area (Å²) < 4.78 is 15.9. The van der Waals surface area contributed by atoms with Crippen LogP contribution in [0.1, 0.15) is 33.6 Å². The molecular weight excluding hydrogens is 323 g/mol. The summed E-state index contributed by atoms with van der Waals surface area (Å²) in [6.45, 7) is 1.19. The Bertz CT molecular complexity index is 799. The van der Waals surface area contributed by atoms with Gasteiger partial charge in [-0.3, -0.25) is 19.2 Å². The maximum atomic E-state index is 14.3. The van der Waals surface area contributed by atoms with Gasteiger partial charge in [-0.05, 0) is 32.0 Å². The predicted octanol–water partition coefficient (Wildman–Crippen LogP) is 2.32. The lowest BCUT2D eigenvalue weighted by atomic mass is 9.97. The zero-order valence-corrected chi connectivity index (χ0v) is 13.9. The number of nitrogens with zero attached hydrogens (tertiary/aromatic N) is 4. The van der Waals surface area contributed by atoms with E-state index in [1.54, 1.807) is 53.2 Å². The largest absolute Gasteiger partial charge is 0.277 e. The number of piperidine rings is 1. The van der Waals surface area contributed by atoms with Gasteiger partial charge in [-0.2, -0.15) is 5.10 Å². The Morgan fingerprint density at radius 3 is 2.52 bits per heavy atom. The van der Waals surface area contributed by atoms with Gasteiger partial charge < -0.3 is 0 Å². The van der Waals surface area contributed by atoms with E-state index < -0.39 is 6.30 Å². The van der Waals surface area contributed by atoms with Gasteiger partial charge in [0.2, 0.25) is 0 Å². The summed E-state index contributed by atoms with van der Waals surface area (Å²) in [5.41, 5.74) is 0.777. The number of benzene rings is 1. The average Bonchev–Trinajstić information content (AvgIpc) is 3.16. The fourth-order valence-electron chi connectivity index (χ4n) is 3.61. The third-order valence-electron chi connectivity index (χ3n) is 4.97. The Labute approximate surface area is 144 Å². The molecule has 0 bridgehead atoms. The molecule has 25 heavy (non-hydrogen) atoms. The van der Waals surface area contributed by atoms with Crippen LogP contribution in [0.4, 0.5) is 10.2 Å². The molecule has 2 aliphatic heterocycles. The van der Waals surface area contributed by atoms with Crippen molar-refractivity contribution in [2.45, 2.75) is 25.7 Å². The maximum Gasteiger partial charge on any atom is 0.267 e. The summed E-state index contributed by atoms with van der Waals surface area (Å²) in [6.07, 6.45) is 2.45. The minimum atomic E-state index is -0.999. The summed E-state index contributed by atoms with van der Waals surface area (Å²) in [5.74, 6) is -0.599. The number of amides is 2. The van der Waals surface area contributed by atoms with Gasteiger partial charge in [0, 0.05) is 31.3 Å². The van der Waals surface area contributed by atoms with E-state index in [2.05, 4.69) is 5.10 Å². The topological polar surface area (TPSA) is 58.4 Å². The fraction of sp³-hybridized carbons (Fsp3) is 0.389. The zero-order chi connectivity index (χ0) is 17.6. The first-order valence-corrected chi connectivity index (χ1v) is 8.42. The number of rotatable bonds is 3. The number of carbonyl (C=O) groups is 2. The first-order valence-electron chi connectivity index (χ1n) is 8.42. The van der Waals surface area contributed by atoms with E-state index in [9.17, 15) is 14.0 Å². The van der Waals surface area contributed by atoms with Crippen molar-refractivity contribution in [3.8, 4) is 0 Å². The Morgan fingerprint density at radius 1 is 1.16 bits per heavy atom. The Hall–Kier alpha value is -2.54. The molecule has 1 saturated heterocycles. The van der Waals surface area contributed by atoms with Crippen LogP contribution in [-0.2, 0) is 6.54 Å². The smallest absolute Gasteiger partial charge is 0.267 e. The Kier molecular flexibility index (Phi) is 3.88. The highest BCUT2D eigenvalue weighted by molar-refractivity contribution is 6.34. The standard InChI is InChI=1S/C18H19FN4O2/c1-21-9-4-5-12(16(21)19)11-22-10-8-15(20-22)23-17(24)13-6-2-3-7-14(13)18(23)25/h2-3,6-8,10,12,16H,4-5,9,11H2,1H3. The Balaban J connectivity index is 1.54. The van der Waals surface area contributed by atoms with E-state index in [-0.39, 0.29) is 23.6 Å². The lowest BCUT2D eigenvalue weighted by Crippen LogP contribution is -2.41. The summed E-state index contributed by atoms with van der Waals surface area (Å²) in [6, 6.07) is 8.36. The van der Waals surface area contributed by atoms with Crippen molar-refractivity contribution in [3.63, 3.8) is 0 Å². The quantitative estimate of drug-likeness (QED) is 0.634. The van der Waals surface area contributed by atoms with Crippen LogP contribution in [0, 0.1) is 5.92 Å². The third kappa shape index (κ3) is 2.64. The molecule has 0 N–H and O–H groups in total. The molecule has 0 aliphatic carbocycles. The number of halogens is 1. The first kappa shape index (κ1) is 16.0. The molecule has 2 aromatic rings. The average molecular weight is 342 g/mol. The molecule has 2 atom stereocenters. The van der Waals surface area contributed by atoms with Crippen LogP contribution in [0.15, 0.2) is 36.5 Å². The molecule has 1 fully saturated rings. The number of imide groups is 1. The summed E-state index contributed by atoms with van der Waals surface area (Å²) in [7, 11) is 1.78. The van der Waals surface area contributed by atoms with Crippen molar-refractivity contribution in [1.29, 1.82) is 0 Å². The van der Waals surface area contributed by atoms with E-state index in [0.717, 1.165) is 24.3 Å². The van der Waals surface area contributed by atoms with Gasteiger partial charge in [0.15, 0.2) is 12.1 Å². The Morgan fingerprint density at radius 2 is 1.84 bits per heavy atom. The van der Waals surface area contributed by atoms with Gasteiger partial charge in [-0.15, -0.1) is 0 Å². The van der Waals surface area contributed by atoms with Crippen LogP contribution < -0.4 is 4.90 Å². The molecule has 2 aliphatic rings. The third-order valence-corrected chi connectivity index (χ3v) is 4.97. The van der Waals surface area contributed by atoms with Gasteiger partial charge in [0.25, 0.3) is 11.8 Å². The van der Waals surface area contributed by atoms with Crippen molar-refractivity contribution >= 4 is 17.6 Å². The molecule has 3 heterocycles. The van der Waals surface area contributed by atoms with Crippen molar-refractivity contribution in [1.82, 2.24) is 14.7 Å². The van der Waals surface area contributed by atoms with Crippen molar-refractivity contribution in [2.24, 2.45) is 5.92 Å². The molecule has 1 aromatic carbocycles. The molecule has 1 aromatic heterocycles. The lowest BCUT2D eigenvalue weighted by Gasteiger charge is -2.33. The number of alkyl halides is 1. The van der Waals surface area contributed by atoms with Crippen molar-refractivity contribution in [3.05, 3.63) is 47.7 Å². The maximum absolute atomic E-state index is 14.3. The van der Waals surface area contributed by atoms with Crippen LogP contribution >= 0.6 is 0 Å². The van der Waals surface area contributed by atoms with E-state index in [0.29, 0.717) is 17.7 Å². The second kappa shape index (κ2) is 6.07. The SMILES string of the molecule is CN1CCCC(Cn2ccc(N3C(=O)c4ccccc4C3=O)n2)C1F. The number of hydrogen-bond donors (Lipinski definition) is 0. The van der Waals surface area contributed by atoms with Gasteiger partial charge in [-0.25, -0.2) is 9.29 Å². The fourth-order valence-corrected chi connectivity index (χ4v) is 3.61. The minimum absolute atomic E-state index is 0.145. The number of hydrogen-bond acceptors (Lipinski definition) is 4. The molecule has 6 nitrogen and oxygen atoms in total. The highest BCUT2D eigenvalue weighted by Crippen LogP contribution is 2.28. The van der Waals surface area contributed by atoms with Gasteiger partial charge in [0.05, 0.1) is 11.1 Å². The molecule has 0 radical (unpaired) electrons. The second-order valence-corrected chi connectivity index (χ2v) is 6.64. The molecular formula is C18H19FN4O2. The van der Waals surface area contributed by atoms with Crippen LogP contribution in [0.25, 0.3) is 0 Å². The van der Waals surface area contributed by atoms with Crippen molar-refractivity contribution < 1.29 is 14.0 Å². The molecule has 0 spiro atoms. The first-order chi connectivity index (χ1) is 12.1. The normalized spacial score (nSPS) is 24.0.